The summed E-state index contributed by atoms with van der Waals surface area (Å²) in [5.74, 6) is -0.293. The van der Waals surface area contributed by atoms with E-state index in [0.717, 1.165) is 0 Å². The minimum Gasteiger partial charge on any atom is -0.466 e. The number of ether oxygens (including phenoxy) is 2. The molecular weight excluding hydrogens is 253 g/mol. The normalized spacial score (nSPS) is 12.0. The molecule has 6 heteroatoms. The molecule has 1 heterocycles. The van der Waals surface area contributed by atoms with Gasteiger partial charge in [0.2, 0.25) is 5.88 Å². The van der Waals surface area contributed by atoms with Gasteiger partial charge in [0, 0.05) is 6.20 Å². The van der Waals surface area contributed by atoms with Crippen LogP contribution in [0.5, 0.6) is 5.88 Å². The first-order chi connectivity index (χ1) is 7.58. The number of halogens is 2. The van der Waals surface area contributed by atoms with E-state index in [1.54, 1.807) is 6.92 Å². The van der Waals surface area contributed by atoms with Crippen molar-refractivity contribution in [3.05, 3.63) is 22.3 Å². The highest BCUT2D eigenvalue weighted by Gasteiger charge is 2.20. The molecule has 1 rings (SSSR count). The molecule has 1 aromatic heterocycles. The van der Waals surface area contributed by atoms with Gasteiger partial charge in [-0.25, -0.2) is 9.78 Å². The van der Waals surface area contributed by atoms with Gasteiger partial charge >= 0.3 is 5.97 Å². The summed E-state index contributed by atoms with van der Waals surface area (Å²) in [5, 5.41) is 0.665. The molecule has 0 fully saturated rings. The predicted octanol–water partition coefficient (Wildman–Crippen LogP) is 2.72. The number of pyridine rings is 1. The minimum atomic E-state index is -0.712. The Morgan fingerprint density at radius 3 is 2.75 bits per heavy atom. The Morgan fingerprint density at radius 1 is 1.56 bits per heavy atom. The summed E-state index contributed by atoms with van der Waals surface area (Å²) in [5.41, 5.74) is 0. The molecule has 1 atom stereocenters. The van der Waals surface area contributed by atoms with Gasteiger partial charge in [0.25, 0.3) is 0 Å². The van der Waals surface area contributed by atoms with Gasteiger partial charge in [-0.3, -0.25) is 0 Å². The smallest absolute Gasteiger partial charge is 0.347 e. The molecule has 0 aromatic carbocycles. The predicted molar refractivity (Wildman–Crippen MR) is 61.0 cm³/mol. The summed E-state index contributed by atoms with van der Waals surface area (Å²) in [6, 6.07) is 1.50. The fourth-order valence-electron chi connectivity index (χ4n) is 1.05. The second-order valence-electron chi connectivity index (χ2n) is 2.98. The molecule has 0 N–H and O–H groups in total. The molecular formula is C10H11Cl2NO3. The highest BCUT2D eigenvalue weighted by Crippen LogP contribution is 2.25. The van der Waals surface area contributed by atoms with Crippen molar-refractivity contribution in [2.24, 2.45) is 0 Å². The van der Waals surface area contributed by atoms with Crippen LogP contribution < -0.4 is 4.74 Å². The van der Waals surface area contributed by atoms with E-state index in [-0.39, 0.29) is 10.9 Å². The van der Waals surface area contributed by atoms with Gasteiger partial charge in [0.1, 0.15) is 5.02 Å². The second-order valence-corrected chi connectivity index (χ2v) is 3.82. The van der Waals surface area contributed by atoms with E-state index >= 15 is 0 Å². The molecule has 0 unspecified atom stereocenters. The van der Waals surface area contributed by atoms with Crippen LogP contribution in [0.2, 0.25) is 10.0 Å². The summed E-state index contributed by atoms with van der Waals surface area (Å²) in [4.78, 5) is 15.2. The molecule has 88 valence electrons. The van der Waals surface area contributed by atoms with Crippen molar-refractivity contribution >= 4 is 29.2 Å². The number of methoxy groups -OCH3 is 1. The fraction of sp³-hybridized carbons (Fsp3) is 0.400. The van der Waals surface area contributed by atoms with Gasteiger partial charge < -0.3 is 9.47 Å². The molecule has 0 saturated heterocycles. The molecule has 4 nitrogen and oxygen atoms in total. The highest BCUT2D eigenvalue weighted by molar-refractivity contribution is 6.35. The zero-order valence-corrected chi connectivity index (χ0v) is 10.4. The first-order valence-electron chi connectivity index (χ1n) is 4.64. The number of carbonyl (C=O) groups is 1. The third-order valence-electron chi connectivity index (χ3n) is 1.86. The third kappa shape index (κ3) is 3.25. The quantitative estimate of drug-likeness (QED) is 0.784. The van der Waals surface area contributed by atoms with Crippen LogP contribution in [0, 0.1) is 0 Å². The molecule has 0 aliphatic rings. The Morgan fingerprint density at radius 2 is 2.25 bits per heavy atom. The summed E-state index contributed by atoms with van der Waals surface area (Å²) in [6.45, 7) is 1.80. The van der Waals surface area contributed by atoms with Gasteiger partial charge in [-0.1, -0.05) is 30.1 Å². The lowest BCUT2D eigenvalue weighted by atomic mass is 10.3. The van der Waals surface area contributed by atoms with Gasteiger partial charge in [-0.05, 0) is 12.5 Å². The molecule has 0 aliphatic heterocycles. The van der Waals surface area contributed by atoms with Crippen molar-refractivity contribution in [2.45, 2.75) is 19.4 Å². The summed E-state index contributed by atoms with van der Waals surface area (Å²) in [6.07, 6.45) is 1.15. The van der Waals surface area contributed by atoms with Crippen LogP contribution >= 0.6 is 23.2 Å². The van der Waals surface area contributed by atoms with Gasteiger partial charge in [-0.2, -0.15) is 0 Å². The van der Waals surface area contributed by atoms with E-state index < -0.39 is 12.1 Å². The number of hydrogen-bond acceptors (Lipinski definition) is 4. The number of nitrogens with zero attached hydrogens (tertiary/aromatic N) is 1. The van der Waals surface area contributed by atoms with Gasteiger partial charge in [0.05, 0.1) is 12.1 Å². The number of hydrogen-bond donors (Lipinski definition) is 0. The largest absolute Gasteiger partial charge is 0.466 e. The molecule has 0 spiro atoms. The summed E-state index contributed by atoms with van der Waals surface area (Å²) < 4.78 is 9.90. The van der Waals surface area contributed by atoms with Crippen LogP contribution in [-0.2, 0) is 9.53 Å². The number of aromatic nitrogens is 1. The van der Waals surface area contributed by atoms with Crippen LogP contribution in [0.25, 0.3) is 0 Å². The zero-order chi connectivity index (χ0) is 12.1. The van der Waals surface area contributed by atoms with Crippen molar-refractivity contribution in [3.8, 4) is 5.88 Å². The maximum Gasteiger partial charge on any atom is 0.347 e. The Kier molecular flexibility index (Phi) is 4.83. The first kappa shape index (κ1) is 13.1. The number of esters is 1. The SMILES string of the molecule is CC[C@@H](Oc1ncc(Cl)cc1Cl)C(=O)OC. The topological polar surface area (TPSA) is 48.4 Å². The van der Waals surface area contributed by atoms with E-state index in [0.29, 0.717) is 11.4 Å². The van der Waals surface area contributed by atoms with E-state index in [9.17, 15) is 4.79 Å². The van der Waals surface area contributed by atoms with E-state index in [4.69, 9.17) is 27.9 Å². The second kappa shape index (κ2) is 5.92. The van der Waals surface area contributed by atoms with Crippen LogP contribution in [0.3, 0.4) is 0 Å². The van der Waals surface area contributed by atoms with E-state index in [2.05, 4.69) is 9.72 Å². The van der Waals surface area contributed by atoms with Crippen LogP contribution in [0.4, 0.5) is 0 Å². The lowest BCUT2D eigenvalue weighted by molar-refractivity contribution is -0.149. The molecule has 0 bridgehead atoms. The van der Waals surface area contributed by atoms with E-state index in [1.807, 2.05) is 0 Å². The highest BCUT2D eigenvalue weighted by atomic mass is 35.5. The number of carbonyl (C=O) groups excluding carboxylic acids is 1. The van der Waals surface area contributed by atoms with Gasteiger partial charge in [0.15, 0.2) is 6.10 Å². The number of rotatable bonds is 4. The molecule has 0 amide bonds. The Balaban J connectivity index is 2.82. The zero-order valence-electron chi connectivity index (χ0n) is 8.87. The van der Waals surface area contributed by atoms with Crippen LogP contribution in [0.1, 0.15) is 13.3 Å². The van der Waals surface area contributed by atoms with Crippen molar-refractivity contribution in [3.63, 3.8) is 0 Å². The standard InChI is InChI=1S/C10H11Cl2NO3/c1-3-8(10(14)15-2)16-9-7(12)4-6(11)5-13-9/h4-5,8H,3H2,1-2H3/t8-/m1/s1. The van der Waals surface area contributed by atoms with Crippen molar-refractivity contribution in [1.29, 1.82) is 0 Å². The maximum absolute atomic E-state index is 11.3. The fourth-order valence-corrected chi connectivity index (χ4v) is 1.48. The molecule has 1 aromatic rings. The lowest BCUT2D eigenvalue weighted by Crippen LogP contribution is -2.28. The third-order valence-corrected chi connectivity index (χ3v) is 2.34. The first-order valence-corrected chi connectivity index (χ1v) is 5.39. The summed E-state index contributed by atoms with van der Waals surface area (Å²) in [7, 11) is 1.30. The van der Waals surface area contributed by atoms with Crippen molar-refractivity contribution in [1.82, 2.24) is 4.98 Å². The monoisotopic (exact) mass is 263 g/mol. The lowest BCUT2D eigenvalue weighted by Gasteiger charge is -2.14. The summed E-state index contributed by atoms with van der Waals surface area (Å²) >= 11 is 11.5. The Bertz CT molecular complexity index is 384. The minimum absolute atomic E-state index is 0.170. The molecule has 16 heavy (non-hydrogen) atoms. The van der Waals surface area contributed by atoms with Gasteiger partial charge in [-0.15, -0.1) is 0 Å². The van der Waals surface area contributed by atoms with Crippen molar-refractivity contribution in [2.75, 3.05) is 7.11 Å². The van der Waals surface area contributed by atoms with Crippen LogP contribution in [-0.4, -0.2) is 24.2 Å². The van der Waals surface area contributed by atoms with Crippen LogP contribution in [0.15, 0.2) is 12.3 Å². The molecule has 0 saturated carbocycles. The Labute approximate surface area is 103 Å². The molecule has 0 aliphatic carbocycles. The average molecular weight is 264 g/mol. The molecule has 0 radical (unpaired) electrons. The van der Waals surface area contributed by atoms with Crippen molar-refractivity contribution < 1.29 is 14.3 Å². The average Bonchev–Trinajstić information content (AvgIpc) is 2.27. The Hall–Kier alpha value is -1.00. The van der Waals surface area contributed by atoms with E-state index in [1.165, 1.54) is 19.4 Å². The maximum atomic E-state index is 11.3.